The summed E-state index contributed by atoms with van der Waals surface area (Å²) < 4.78 is 7.10. The normalized spacial score (nSPS) is 13.5. The number of hydrogen-bond acceptors (Lipinski definition) is 7. The number of thioether (sulfide) groups is 1. The van der Waals surface area contributed by atoms with Gasteiger partial charge in [0.2, 0.25) is 5.91 Å². The summed E-state index contributed by atoms with van der Waals surface area (Å²) in [6.07, 6.45) is 4.35. The Kier molecular flexibility index (Phi) is 5.26. The Morgan fingerprint density at radius 2 is 2.15 bits per heavy atom. The van der Waals surface area contributed by atoms with Crippen molar-refractivity contribution in [1.82, 2.24) is 25.6 Å². The van der Waals surface area contributed by atoms with Gasteiger partial charge in [0.1, 0.15) is 5.82 Å². The lowest BCUT2D eigenvalue weighted by Crippen LogP contribution is -2.42. The highest BCUT2D eigenvalue weighted by atomic mass is 32.2. The Hall–Kier alpha value is -2.59. The molecule has 3 aromatic rings. The smallest absolute Gasteiger partial charge is 0.305 e. The number of carbonyl (C=O) groups is 2. The van der Waals surface area contributed by atoms with Gasteiger partial charge in [-0.15, -0.1) is 21.5 Å². The molecule has 0 bridgehead atoms. The van der Waals surface area contributed by atoms with E-state index in [0.29, 0.717) is 6.04 Å². The third kappa shape index (κ3) is 4.40. The third-order valence-electron chi connectivity index (χ3n) is 3.95. The van der Waals surface area contributed by atoms with Crippen molar-refractivity contribution in [3.05, 3.63) is 52.4 Å². The first-order valence-corrected chi connectivity index (χ1v) is 10.3. The summed E-state index contributed by atoms with van der Waals surface area (Å²) in [6.45, 7) is 0. The molecule has 2 amide bonds. The van der Waals surface area contributed by atoms with Crippen molar-refractivity contribution in [1.29, 1.82) is 0 Å². The third-order valence-corrected chi connectivity index (χ3v) is 5.77. The van der Waals surface area contributed by atoms with Gasteiger partial charge in [-0.05, 0) is 36.4 Å². The van der Waals surface area contributed by atoms with Gasteiger partial charge in [-0.3, -0.25) is 20.4 Å². The molecule has 0 unspecified atom stereocenters. The van der Waals surface area contributed by atoms with E-state index in [9.17, 15) is 9.59 Å². The molecule has 3 heterocycles. The maximum atomic E-state index is 12.0. The molecule has 10 heteroatoms. The van der Waals surface area contributed by atoms with E-state index in [-0.39, 0.29) is 17.4 Å². The second kappa shape index (κ2) is 7.97. The zero-order valence-electron chi connectivity index (χ0n) is 14.3. The highest BCUT2D eigenvalue weighted by molar-refractivity contribution is 7.99. The molecule has 0 aliphatic heterocycles. The Morgan fingerprint density at radius 1 is 1.26 bits per heavy atom. The van der Waals surface area contributed by atoms with Crippen molar-refractivity contribution in [2.75, 3.05) is 5.75 Å². The first-order valence-electron chi connectivity index (χ1n) is 8.42. The summed E-state index contributed by atoms with van der Waals surface area (Å²) in [5.74, 6) is 0.355. The van der Waals surface area contributed by atoms with Gasteiger partial charge < -0.3 is 8.98 Å². The predicted octanol–water partition coefficient (Wildman–Crippen LogP) is 2.41. The zero-order chi connectivity index (χ0) is 18.6. The SMILES string of the molecule is O=C(CSc1nnc(Cc2cccs2)n1C1CC1)NNC(=O)c1ccco1. The van der Waals surface area contributed by atoms with Crippen LogP contribution >= 0.6 is 23.1 Å². The van der Waals surface area contributed by atoms with E-state index in [4.69, 9.17) is 4.42 Å². The molecule has 0 spiro atoms. The number of thiophene rings is 1. The van der Waals surface area contributed by atoms with Gasteiger partial charge in [0.05, 0.1) is 12.0 Å². The Labute approximate surface area is 163 Å². The molecule has 140 valence electrons. The lowest BCUT2D eigenvalue weighted by molar-refractivity contribution is -0.119. The molecule has 0 aromatic carbocycles. The Bertz CT molecular complexity index is 917. The summed E-state index contributed by atoms with van der Waals surface area (Å²) >= 11 is 3.01. The Morgan fingerprint density at radius 3 is 2.85 bits per heavy atom. The highest BCUT2D eigenvalue weighted by Gasteiger charge is 2.30. The number of rotatable bonds is 7. The number of amides is 2. The quantitative estimate of drug-likeness (QED) is 0.464. The van der Waals surface area contributed by atoms with Gasteiger partial charge in [-0.25, -0.2) is 0 Å². The second-order valence-electron chi connectivity index (χ2n) is 6.02. The fourth-order valence-corrected chi connectivity index (χ4v) is 4.08. The van der Waals surface area contributed by atoms with Gasteiger partial charge in [0.25, 0.3) is 0 Å². The average molecular weight is 403 g/mol. The van der Waals surface area contributed by atoms with Gasteiger partial charge >= 0.3 is 5.91 Å². The van der Waals surface area contributed by atoms with Gasteiger partial charge in [-0.2, -0.15) is 0 Å². The Balaban J connectivity index is 1.33. The molecule has 1 aliphatic carbocycles. The van der Waals surface area contributed by atoms with Gasteiger partial charge in [0, 0.05) is 17.3 Å². The topological polar surface area (TPSA) is 102 Å². The molecule has 1 saturated carbocycles. The van der Waals surface area contributed by atoms with Crippen LogP contribution in [0.5, 0.6) is 0 Å². The molecular formula is C17H17N5O3S2. The van der Waals surface area contributed by atoms with Crippen molar-refractivity contribution >= 4 is 34.9 Å². The fraction of sp³-hybridized carbons (Fsp3) is 0.294. The molecule has 0 atom stereocenters. The van der Waals surface area contributed by atoms with Crippen LogP contribution in [-0.4, -0.2) is 32.3 Å². The number of nitrogens with zero attached hydrogens (tertiary/aromatic N) is 3. The van der Waals surface area contributed by atoms with Crippen molar-refractivity contribution in [2.24, 2.45) is 0 Å². The minimum atomic E-state index is -0.502. The minimum absolute atomic E-state index is 0.127. The largest absolute Gasteiger partial charge is 0.459 e. The van der Waals surface area contributed by atoms with Crippen LogP contribution < -0.4 is 10.9 Å². The van der Waals surface area contributed by atoms with E-state index < -0.39 is 5.91 Å². The number of nitrogens with one attached hydrogen (secondary N) is 2. The van der Waals surface area contributed by atoms with E-state index in [2.05, 4.69) is 31.7 Å². The van der Waals surface area contributed by atoms with E-state index >= 15 is 0 Å². The van der Waals surface area contributed by atoms with E-state index in [1.807, 2.05) is 11.4 Å². The summed E-state index contributed by atoms with van der Waals surface area (Å²) in [5.41, 5.74) is 4.69. The molecule has 2 N–H and O–H groups in total. The van der Waals surface area contributed by atoms with Gasteiger partial charge in [-0.1, -0.05) is 17.8 Å². The molecule has 4 rings (SSSR count). The average Bonchev–Trinajstić information content (AvgIpc) is 3.11. The number of carbonyl (C=O) groups excluding carboxylic acids is 2. The standard InChI is InChI=1S/C17H17N5O3S2/c23-15(19-20-16(24)13-4-1-7-25-13)10-27-17-21-18-14(22(17)11-5-6-11)9-12-3-2-8-26-12/h1-4,7-8,11H,5-6,9-10H2,(H,19,23)(H,20,24). The van der Waals surface area contributed by atoms with Crippen molar-refractivity contribution in [2.45, 2.75) is 30.5 Å². The summed E-state index contributed by atoms with van der Waals surface area (Å²) in [4.78, 5) is 25.0. The maximum absolute atomic E-state index is 12.0. The molecular weight excluding hydrogens is 386 g/mol. The van der Waals surface area contributed by atoms with E-state index in [1.54, 1.807) is 17.4 Å². The number of furan rings is 1. The zero-order valence-corrected chi connectivity index (χ0v) is 15.9. The van der Waals surface area contributed by atoms with E-state index in [0.717, 1.165) is 30.2 Å². The fourth-order valence-electron chi connectivity index (χ4n) is 2.56. The van der Waals surface area contributed by atoms with Crippen LogP contribution in [0, 0.1) is 0 Å². The van der Waals surface area contributed by atoms with E-state index in [1.165, 1.54) is 29.0 Å². The van der Waals surface area contributed by atoms with Crippen molar-refractivity contribution in [3.8, 4) is 0 Å². The van der Waals surface area contributed by atoms with Crippen LogP contribution in [0.4, 0.5) is 0 Å². The monoisotopic (exact) mass is 403 g/mol. The minimum Gasteiger partial charge on any atom is -0.459 e. The maximum Gasteiger partial charge on any atom is 0.305 e. The molecule has 27 heavy (non-hydrogen) atoms. The van der Waals surface area contributed by atoms with Gasteiger partial charge in [0.15, 0.2) is 10.9 Å². The first-order chi connectivity index (χ1) is 13.2. The van der Waals surface area contributed by atoms with Crippen LogP contribution in [0.2, 0.25) is 0 Å². The lowest BCUT2D eigenvalue weighted by Gasteiger charge is -2.09. The van der Waals surface area contributed by atoms with Crippen molar-refractivity contribution in [3.63, 3.8) is 0 Å². The summed E-state index contributed by atoms with van der Waals surface area (Å²) in [5, 5.41) is 11.4. The number of hydrogen-bond donors (Lipinski definition) is 2. The van der Waals surface area contributed by atoms with Crippen LogP contribution in [-0.2, 0) is 11.2 Å². The molecule has 0 radical (unpaired) electrons. The molecule has 3 aromatic heterocycles. The van der Waals surface area contributed by atoms with Crippen LogP contribution in [0.25, 0.3) is 0 Å². The summed E-state index contributed by atoms with van der Waals surface area (Å²) in [7, 11) is 0. The molecule has 0 saturated heterocycles. The van der Waals surface area contributed by atoms with Crippen molar-refractivity contribution < 1.29 is 14.0 Å². The number of hydrazine groups is 1. The number of aromatic nitrogens is 3. The second-order valence-corrected chi connectivity index (χ2v) is 8.00. The van der Waals surface area contributed by atoms with Crippen LogP contribution in [0.1, 0.15) is 40.1 Å². The predicted molar refractivity (Wildman–Crippen MR) is 100 cm³/mol. The first kappa shape index (κ1) is 17.8. The molecule has 1 aliphatic rings. The van der Waals surface area contributed by atoms with Crippen LogP contribution in [0.3, 0.4) is 0 Å². The summed E-state index contributed by atoms with van der Waals surface area (Å²) in [6, 6.07) is 7.64. The van der Waals surface area contributed by atoms with Crippen LogP contribution in [0.15, 0.2) is 45.5 Å². The molecule has 1 fully saturated rings. The highest BCUT2D eigenvalue weighted by Crippen LogP contribution is 2.39. The molecule has 8 nitrogen and oxygen atoms in total. The lowest BCUT2D eigenvalue weighted by atomic mass is 10.3.